The van der Waals surface area contributed by atoms with E-state index in [1.807, 2.05) is 0 Å². The van der Waals surface area contributed by atoms with E-state index >= 15 is 0 Å². The molecule has 0 bridgehead atoms. The Bertz CT molecular complexity index is 210. The number of unbranched alkanes of at least 4 members (excludes halogenated alkanes) is 2. The summed E-state index contributed by atoms with van der Waals surface area (Å²) < 4.78 is 0. The van der Waals surface area contributed by atoms with E-state index in [-0.39, 0.29) is 12.1 Å². The lowest BCUT2D eigenvalue weighted by molar-refractivity contribution is 0.151. The van der Waals surface area contributed by atoms with Crippen molar-refractivity contribution >= 4 is 0 Å². The normalized spacial score (nSPS) is 29.1. The highest BCUT2D eigenvalue weighted by Gasteiger charge is 2.39. The highest BCUT2D eigenvalue weighted by molar-refractivity contribution is 4.98. The molecule has 3 heteroatoms. The zero-order valence-electron chi connectivity index (χ0n) is 11.8. The predicted octanol–water partition coefficient (Wildman–Crippen LogP) is 2.00. The minimum atomic E-state index is -0.00155. The molecule has 1 saturated carbocycles. The molecule has 2 unspecified atom stereocenters. The molecule has 3 nitrogen and oxygen atoms in total. The van der Waals surface area contributed by atoms with Crippen LogP contribution >= 0.6 is 0 Å². The molecular weight excluding hydrogens is 212 g/mol. The molecule has 0 aliphatic heterocycles. The second-order valence-electron chi connectivity index (χ2n) is 5.55. The van der Waals surface area contributed by atoms with Crippen molar-refractivity contribution in [3.63, 3.8) is 0 Å². The Balaban J connectivity index is 2.37. The molecule has 0 spiro atoms. The zero-order valence-corrected chi connectivity index (χ0v) is 11.8. The van der Waals surface area contributed by atoms with E-state index in [0.29, 0.717) is 6.04 Å². The van der Waals surface area contributed by atoms with Crippen LogP contribution in [0.25, 0.3) is 0 Å². The average Bonchev–Trinajstić information content (AvgIpc) is 2.75. The van der Waals surface area contributed by atoms with Crippen LogP contribution in [-0.4, -0.2) is 48.3 Å². The Morgan fingerprint density at radius 3 is 2.71 bits per heavy atom. The first-order chi connectivity index (χ1) is 8.17. The van der Waals surface area contributed by atoms with E-state index in [1.165, 1.54) is 32.2 Å². The molecular formula is C14H30N2O. The third-order valence-electron chi connectivity index (χ3n) is 4.17. The van der Waals surface area contributed by atoms with E-state index in [1.54, 1.807) is 0 Å². The summed E-state index contributed by atoms with van der Waals surface area (Å²) in [6.07, 6.45) is 7.35. The fraction of sp³-hybridized carbons (Fsp3) is 1.00. The first kappa shape index (κ1) is 14.9. The lowest BCUT2D eigenvalue weighted by atomic mass is 9.98. The topological polar surface area (TPSA) is 35.5 Å². The maximum Gasteiger partial charge on any atom is 0.0613 e. The van der Waals surface area contributed by atoms with Gasteiger partial charge < -0.3 is 15.3 Å². The van der Waals surface area contributed by atoms with Crippen LogP contribution in [0.15, 0.2) is 0 Å². The van der Waals surface area contributed by atoms with Crippen molar-refractivity contribution in [1.29, 1.82) is 0 Å². The minimum absolute atomic E-state index is 0.00155. The number of hydrogen-bond acceptors (Lipinski definition) is 3. The fourth-order valence-corrected chi connectivity index (χ4v) is 3.00. The number of nitrogens with one attached hydrogen (secondary N) is 1. The molecule has 1 aliphatic carbocycles. The minimum Gasteiger partial charge on any atom is -0.394 e. The highest BCUT2D eigenvalue weighted by atomic mass is 16.3. The van der Waals surface area contributed by atoms with Crippen molar-refractivity contribution in [3.05, 3.63) is 0 Å². The van der Waals surface area contributed by atoms with Crippen LogP contribution < -0.4 is 5.32 Å². The van der Waals surface area contributed by atoms with Gasteiger partial charge >= 0.3 is 0 Å². The number of likely N-dealkylation sites (N-methyl/N-ethyl adjacent to an activating group) is 1. The third kappa shape index (κ3) is 4.23. The summed E-state index contributed by atoms with van der Waals surface area (Å²) in [6.45, 7) is 6.80. The SMILES string of the molecule is CCCCCN(C)C1CCC(CO)(NCC)C1. The molecule has 1 rings (SSSR count). The first-order valence-electron chi connectivity index (χ1n) is 7.23. The van der Waals surface area contributed by atoms with E-state index < -0.39 is 0 Å². The van der Waals surface area contributed by atoms with E-state index in [0.717, 1.165) is 19.4 Å². The summed E-state index contributed by atoms with van der Waals surface area (Å²) in [4.78, 5) is 2.49. The maximum absolute atomic E-state index is 9.58. The van der Waals surface area contributed by atoms with Crippen LogP contribution in [-0.2, 0) is 0 Å². The summed E-state index contributed by atoms with van der Waals surface area (Å²) in [6, 6.07) is 0.651. The Kier molecular flexibility index (Phi) is 6.45. The van der Waals surface area contributed by atoms with Crippen LogP contribution in [0.2, 0.25) is 0 Å². The third-order valence-corrected chi connectivity index (χ3v) is 4.17. The second kappa shape index (κ2) is 7.34. The lowest BCUT2D eigenvalue weighted by Crippen LogP contribution is -2.47. The van der Waals surface area contributed by atoms with Crippen molar-refractivity contribution in [2.75, 3.05) is 26.7 Å². The molecule has 1 fully saturated rings. The number of nitrogens with zero attached hydrogens (tertiary/aromatic N) is 1. The molecule has 102 valence electrons. The predicted molar refractivity (Wildman–Crippen MR) is 73.3 cm³/mol. The average molecular weight is 242 g/mol. The van der Waals surface area contributed by atoms with Crippen LogP contribution in [0.4, 0.5) is 0 Å². The number of hydrogen-bond donors (Lipinski definition) is 2. The van der Waals surface area contributed by atoms with Gasteiger partial charge in [0.2, 0.25) is 0 Å². The monoisotopic (exact) mass is 242 g/mol. The van der Waals surface area contributed by atoms with E-state index in [9.17, 15) is 5.11 Å². The van der Waals surface area contributed by atoms with E-state index in [4.69, 9.17) is 0 Å². The smallest absolute Gasteiger partial charge is 0.0613 e. The van der Waals surface area contributed by atoms with Gasteiger partial charge in [-0.05, 0) is 45.8 Å². The molecule has 17 heavy (non-hydrogen) atoms. The van der Waals surface area contributed by atoms with Gasteiger partial charge in [-0.2, -0.15) is 0 Å². The van der Waals surface area contributed by atoms with Crippen LogP contribution in [0.3, 0.4) is 0 Å². The van der Waals surface area contributed by atoms with Gasteiger partial charge in [-0.1, -0.05) is 26.7 Å². The molecule has 0 aromatic carbocycles. The summed E-state index contributed by atoms with van der Waals surface area (Å²) in [7, 11) is 2.24. The second-order valence-corrected chi connectivity index (χ2v) is 5.55. The van der Waals surface area contributed by atoms with Gasteiger partial charge in [-0.25, -0.2) is 0 Å². The van der Waals surface area contributed by atoms with Gasteiger partial charge in [0, 0.05) is 11.6 Å². The molecule has 0 aromatic rings. The van der Waals surface area contributed by atoms with Crippen molar-refractivity contribution in [1.82, 2.24) is 10.2 Å². The molecule has 0 radical (unpaired) electrons. The summed E-state index contributed by atoms with van der Waals surface area (Å²) >= 11 is 0. The van der Waals surface area contributed by atoms with E-state index in [2.05, 4.69) is 31.1 Å². The maximum atomic E-state index is 9.58. The lowest BCUT2D eigenvalue weighted by Gasteiger charge is -2.30. The Hall–Kier alpha value is -0.120. The zero-order chi connectivity index (χ0) is 12.7. The quantitative estimate of drug-likeness (QED) is 0.639. The summed E-state index contributed by atoms with van der Waals surface area (Å²) in [5, 5.41) is 13.1. The Morgan fingerprint density at radius 2 is 2.12 bits per heavy atom. The summed E-state index contributed by atoms with van der Waals surface area (Å²) in [5.74, 6) is 0. The molecule has 0 heterocycles. The van der Waals surface area contributed by atoms with Gasteiger partial charge in [-0.3, -0.25) is 0 Å². The highest BCUT2D eigenvalue weighted by Crippen LogP contribution is 2.32. The fourth-order valence-electron chi connectivity index (χ4n) is 3.00. The molecule has 2 atom stereocenters. The van der Waals surface area contributed by atoms with Gasteiger partial charge in [0.05, 0.1) is 6.61 Å². The molecule has 0 amide bonds. The van der Waals surface area contributed by atoms with Gasteiger partial charge in [0.25, 0.3) is 0 Å². The number of aliphatic hydroxyl groups is 1. The number of aliphatic hydroxyl groups excluding tert-OH is 1. The van der Waals surface area contributed by atoms with Gasteiger partial charge in [0.1, 0.15) is 0 Å². The summed E-state index contributed by atoms with van der Waals surface area (Å²) in [5.41, 5.74) is -0.00155. The molecule has 0 saturated heterocycles. The van der Waals surface area contributed by atoms with Crippen molar-refractivity contribution in [2.24, 2.45) is 0 Å². The molecule has 1 aliphatic rings. The first-order valence-corrected chi connectivity index (χ1v) is 7.23. The Labute approximate surface area is 107 Å². The van der Waals surface area contributed by atoms with Crippen molar-refractivity contribution in [3.8, 4) is 0 Å². The van der Waals surface area contributed by atoms with Gasteiger partial charge in [-0.15, -0.1) is 0 Å². The van der Waals surface area contributed by atoms with Crippen molar-refractivity contribution < 1.29 is 5.11 Å². The van der Waals surface area contributed by atoms with Crippen LogP contribution in [0, 0.1) is 0 Å². The molecule has 2 N–H and O–H groups in total. The van der Waals surface area contributed by atoms with Crippen LogP contribution in [0.5, 0.6) is 0 Å². The number of rotatable bonds is 8. The van der Waals surface area contributed by atoms with Gasteiger partial charge in [0.15, 0.2) is 0 Å². The van der Waals surface area contributed by atoms with Crippen LogP contribution in [0.1, 0.15) is 52.4 Å². The standard InChI is InChI=1S/C14H30N2O/c1-4-6-7-10-16(3)13-8-9-14(11-13,12-17)15-5-2/h13,15,17H,4-12H2,1-3H3. The largest absolute Gasteiger partial charge is 0.394 e. The Morgan fingerprint density at radius 1 is 1.35 bits per heavy atom. The molecule has 0 aromatic heterocycles. The van der Waals surface area contributed by atoms with Crippen molar-refractivity contribution in [2.45, 2.75) is 64.0 Å².